The van der Waals surface area contributed by atoms with Gasteiger partial charge in [0, 0.05) is 77.2 Å². The number of carbonyl (C=O) groups excluding carboxylic acids is 1. The van der Waals surface area contributed by atoms with Crippen LogP contribution in [0, 0.1) is 6.92 Å². The van der Waals surface area contributed by atoms with Crippen molar-refractivity contribution in [3.63, 3.8) is 0 Å². The number of rotatable bonds is 5. The average Bonchev–Trinajstić information content (AvgIpc) is 2.78. The Bertz CT molecular complexity index is 796. The minimum atomic E-state index is 0.284. The van der Waals surface area contributed by atoms with Crippen LogP contribution in [0.3, 0.4) is 0 Å². The van der Waals surface area contributed by atoms with Crippen LogP contribution in [-0.2, 0) is 4.79 Å². The number of anilines is 2. The van der Waals surface area contributed by atoms with Crippen LogP contribution < -0.4 is 9.80 Å². The van der Waals surface area contributed by atoms with E-state index < -0.39 is 0 Å². The monoisotopic (exact) mass is 393 g/mol. The normalized spacial score (nSPS) is 18.2. The number of carbonyl (C=O) groups is 1. The van der Waals surface area contributed by atoms with Crippen LogP contribution in [0.1, 0.15) is 12.0 Å². The smallest absolute Gasteiger partial charge is 0.223 e. The summed E-state index contributed by atoms with van der Waals surface area (Å²) in [6.45, 7) is 10.4. The van der Waals surface area contributed by atoms with Gasteiger partial charge in [-0.05, 0) is 36.8 Å². The standard InChI is InChI=1S/C23H31N5O/c1-20-5-4-6-21(19-20)26-13-11-25(12-14-26)10-8-23(29)28-17-15-27(16-18-28)22-7-2-3-9-24-22/h2-7,9,19H,8,10-18H2,1H3. The molecular formula is C23H31N5O. The highest BCUT2D eigenvalue weighted by Gasteiger charge is 2.23. The maximum Gasteiger partial charge on any atom is 0.223 e. The van der Waals surface area contributed by atoms with Crippen LogP contribution in [0.15, 0.2) is 48.7 Å². The zero-order valence-corrected chi connectivity index (χ0v) is 17.3. The van der Waals surface area contributed by atoms with Crippen molar-refractivity contribution in [2.75, 3.05) is 68.7 Å². The molecule has 0 unspecified atom stereocenters. The molecule has 2 saturated heterocycles. The van der Waals surface area contributed by atoms with Crippen molar-refractivity contribution in [3.05, 3.63) is 54.2 Å². The van der Waals surface area contributed by atoms with E-state index >= 15 is 0 Å². The van der Waals surface area contributed by atoms with Crippen molar-refractivity contribution < 1.29 is 4.79 Å². The summed E-state index contributed by atoms with van der Waals surface area (Å²) in [7, 11) is 0. The second-order valence-electron chi connectivity index (χ2n) is 7.97. The Morgan fingerprint density at radius 2 is 1.66 bits per heavy atom. The van der Waals surface area contributed by atoms with Gasteiger partial charge in [-0.25, -0.2) is 4.98 Å². The Hall–Kier alpha value is -2.60. The molecule has 2 aromatic rings. The zero-order valence-electron chi connectivity index (χ0n) is 17.3. The van der Waals surface area contributed by atoms with Gasteiger partial charge in [0.2, 0.25) is 5.91 Å². The molecule has 4 rings (SSSR count). The predicted molar refractivity (Wildman–Crippen MR) is 117 cm³/mol. The number of benzene rings is 1. The van der Waals surface area contributed by atoms with Gasteiger partial charge in [-0.1, -0.05) is 18.2 Å². The summed E-state index contributed by atoms with van der Waals surface area (Å²) in [4.78, 5) is 26.2. The number of nitrogens with zero attached hydrogens (tertiary/aromatic N) is 5. The average molecular weight is 394 g/mol. The molecule has 2 aliphatic heterocycles. The molecule has 2 fully saturated rings. The molecule has 0 bridgehead atoms. The van der Waals surface area contributed by atoms with Crippen LogP contribution in [0.4, 0.5) is 11.5 Å². The van der Waals surface area contributed by atoms with Crippen molar-refractivity contribution in [1.29, 1.82) is 0 Å². The summed E-state index contributed by atoms with van der Waals surface area (Å²) in [5.41, 5.74) is 2.62. The van der Waals surface area contributed by atoms with Gasteiger partial charge in [-0.2, -0.15) is 0 Å². The number of piperazine rings is 2. The number of pyridine rings is 1. The maximum atomic E-state index is 12.7. The van der Waals surface area contributed by atoms with Gasteiger partial charge in [0.15, 0.2) is 0 Å². The number of hydrogen-bond acceptors (Lipinski definition) is 5. The molecule has 1 aromatic carbocycles. The molecule has 1 aromatic heterocycles. The Kier molecular flexibility index (Phi) is 6.30. The lowest BCUT2D eigenvalue weighted by molar-refractivity contribution is -0.131. The van der Waals surface area contributed by atoms with Crippen molar-refractivity contribution in [2.24, 2.45) is 0 Å². The SMILES string of the molecule is Cc1cccc(N2CCN(CCC(=O)N3CCN(c4ccccn4)CC3)CC2)c1. The molecule has 0 aliphatic carbocycles. The lowest BCUT2D eigenvalue weighted by atomic mass is 10.2. The highest BCUT2D eigenvalue weighted by molar-refractivity contribution is 5.76. The third-order valence-corrected chi connectivity index (χ3v) is 5.99. The van der Waals surface area contributed by atoms with Crippen molar-refractivity contribution in [3.8, 4) is 0 Å². The van der Waals surface area contributed by atoms with Crippen LogP contribution >= 0.6 is 0 Å². The summed E-state index contributed by atoms with van der Waals surface area (Å²) in [5, 5.41) is 0. The van der Waals surface area contributed by atoms with Gasteiger partial charge in [0.1, 0.15) is 5.82 Å². The molecule has 0 N–H and O–H groups in total. The van der Waals surface area contributed by atoms with E-state index in [-0.39, 0.29) is 5.91 Å². The third-order valence-electron chi connectivity index (χ3n) is 5.99. The van der Waals surface area contributed by atoms with E-state index in [1.165, 1.54) is 11.3 Å². The number of amides is 1. The van der Waals surface area contributed by atoms with Crippen LogP contribution in [-0.4, -0.2) is 79.6 Å². The van der Waals surface area contributed by atoms with E-state index in [4.69, 9.17) is 0 Å². The highest BCUT2D eigenvalue weighted by atomic mass is 16.2. The van der Waals surface area contributed by atoms with E-state index in [0.29, 0.717) is 6.42 Å². The lowest BCUT2D eigenvalue weighted by Gasteiger charge is -2.37. The molecule has 154 valence electrons. The molecule has 2 aliphatic rings. The first-order valence-corrected chi connectivity index (χ1v) is 10.7. The van der Waals surface area contributed by atoms with E-state index in [1.807, 2.05) is 29.3 Å². The summed E-state index contributed by atoms with van der Waals surface area (Å²) < 4.78 is 0. The van der Waals surface area contributed by atoms with Crippen LogP contribution in [0.5, 0.6) is 0 Å². The molecule has 1 amide bonds. The van der Waals surface area contributed by atoms with Crippen molar-refractivity contribution >= 4 is 17.4 Å². The second kappa shape index (κ2) is 9.27. The zero-order chi connectivity index (χ0) is 20.1. The van der Waals surface area contributed by atoms with Gasteiger partial charge in [0.25, 0.3) is 0 Å². The Labute approximate surface area is 173 Å². The first kappa shape index (κ1) is 19.7. The van der Waals surface area contributed by atoms with Gasteiger partial charge < -0.3 is 14.7 Å². The van der Waals surface area contributed by atoms with Gasteiger partial charge in [0.05, 0.1) is 0 Å². The second-order valence-corrected chi connectivity index (χ2v) is 7.97. The topological polar surface area (TPSA) is 42.9 Å². The largest absolute Gasteiger partial charge is 0.369 e. The fourth-order valence-corrected chi connectivity index (χ4v) is 4.19. The van der Waals surface area contributed by atoms with E-state index in [0.717, 1.165) is 64.7 Å². The highest BCUT2D eigenvalue weighted by Crippen LogP contribution is 2.18. The number of aryl methyl sites for hydroxylation is 1. The molecule has 0 atom stereocenters. The number of aromatic nitrogens is 1. The molecule has 3 heterocycles. The third kappa shape index (κ3) is 5.07. The fourth-order valence-electron chi connectivity index (χ4n) is 4.19. The van der Waals surface area contributed by atoms with E-state index in [9.17, 15) is 4.79 Å². The van der Waals surface area contributed by atoms with Gasteiger partial charge in [-0.3, -0.25) is 9.69 Å². The summed E-state index contributed by atoms with van der Waals surface area (Å²) in [6, 6.07) is 14.7. The molecule has 6 nitrogen and oxygen atoms in total. The van der Waals surface area contributed by atoms with Crippen molar-refractivity contribution in [2.45, 2.75) is 13.3 Å². The molecular weight excluding hydrogens is 362 g/mol. The maximum absolute atomic E-state index is 12.7. The summed E-state index contributed by atoms with van der Waals surface area (Å²) >= 11 is 0. The van der Waals surface area contributed by atoms with E-state index in [1.54, 1.807) is 0 Å². The van der Waals surface area contributed by atoms with Crippen molar-refractivity contribution in [1.82, 2.24) is 14.8 Å². The lowest BCUT2D eigenvalue weighted by Crippen LogP contribution is -2.50. The molecule has 0 saturated carbocycles. The molecule has 6 heteroatoms. The first-order valence-electron chi connectivity index (χ1n) is 10.7. The van der Waals surface area contributed by atoms with Crippen LogP contribution in [0.25, 0.3) is 0 Å². The Morgan fingerprint density at radius 3 is 2.34 bits per heavy atom. The van der Waals surface area contributed by atoms with Gasteiger partial charge in [-0.15, -0.1) is 0 Å². The Balaban J connectivity index is 1.18. The summed E-state index contributed by atoms with van der Waals surface area (Å²) in [5.74, 6) is 1.29. The Morgan fingerprint density at radius 1 is 0.897 bits per heavy atom. The predicted octanol–water partition coefficient (Wildman–Crippen LogP) is 2.25. The molecule has 29 heavy (non-hydrogen) atoms. The molecule has 0 spiro atoms. The molecule has 0 radical (unpaired) electrons. The first-order chi connectivity index (χ1) is 14.2. The summed E-state index contributed by atoms with van der Waals surface area (Å²) in [6.07, 6.45) is 2.44. The van der Waals surface area contributed by atoms with Gasteiger partial charge >= 0.3 is 0 Å². The fraction of sp³-hybridized carbons (Fsp3) is 0.478. The quantitative estimate of drug-likeness (QED) is 0.780. The minimum Gasteiger partial charge on any atom is -0.369 e. The van der Waals surface area contributed by atoms with E-state index in [2.05, 4.69) is 50.9 Å². The number of hydrogen-bond donors (Lipinski definition) is 0. The van der Waals surface area contributed by atoms with Crippen LogP contribution in [0.2, 0.25) is 0 Å². The minimum absolute atomic E-state index is 0.284.